The van der Waals surface area contributed by atoms with Crippen LogP contribution in [-0.2, 0) is 21.2 Å². The molecule has 0 radical (unpaired) electrons. The summed E-state index contributed by atoms with van der Waals surface area (Å²) in [5.41, 5.74) is 1.50. The van der Waals surface area contributed by atoms with Gasteiger partial charge in [0.1, 0.15) is 17.6 Å². The molecule has 0 saturated carbocycles. The molecule has 0 fully saturated rings. The zero-order valence-corrected chi connectivity index (χ0v) is 15.0. The average Bonchev–Trinajstić information content (AvgIpc) is 3.19. The van der Waals surface area contributed by atoms with Crippen molar-refractivity contribution in [3.8, 4) is 0 Å². The van der Waals surface area contributed by atoms with Crippen LogP contribution in [0, 0.1) is 0 Å². The molecular weight excluding hydrogens is 354 g/mol. The molecule has 8 heteroatoms. The SMILES string of the molecule is C[C@H](N=C1NS(=O)(=O)c2ccccc21)C(=O)N[C@@H]1CCCc2occc21. The maximum Gasteiger partial charge on any atom is 0.263 e. The number of aliphatic imine (C=N–C) groups is 1. The molecule has 136 valence electrons. The maximum atomic E-state index is 12.6. The highest BCUT2D eigenvalue weighted by atomic mass is 32.2. The summed E-state index contributed by atoms with van der Waals surface area (Å²) < 4.78 is 32.1. The van der Waals surface area contributed by atoms with Gasteiger partial charge in [-0.1, -0.05) is 12.1 Å². The molecule has 1 aromatic carbocycles. The Kier molecular flexibility index (Phi) is 4.07. The molecular formula is C18H19N3O4S. The molecule has 2 heterocycles. The quantitative estimate of drug-likeness (QED) is 0.858. The number of benzene rings is 1. The molecule has 0 saturated heterocycles. The fraction of sp³-hybridized carbons (Fsp3) is 0.333. The van der Waals surface area contributed by atoms with Crippen molar-refractivity contribution >= 4 is 21.8 Å². The van der Waals surface area contributed by atoms with Gasteiger partial charge in [-0.15, -0.1) is 0 Å². The number of amidine groups is 1. The van der Waals surface area contributed by atoms with Gasteiger partial charge < -0.3 is 9.73 Å². The standard InChI is InChI=1S/C18H19N3O4S/c1-11(18(22)20-14-6-4-7-15-12(14)9-10-25-15)19-17-13-5-2-3-8-16(13)26(23,24)21-17/h2-3,5,8-11,14H,4,6-7H2,1H3,(H,19,21)(H,20,22)/t11-,14+/m0/s1. The molecule has 2 atom stereocenters. The van der Waals surface area contributed by atoms with Gasteiger partial charge in [0.05, 0.1) is 17.2 Å². The maximum absolute atomic E-state index is 12.6. The van der Waals surface area contributed by atoms with Crippen LogP contribution in [0.2, 0.25) is 0 Å². The number of fused-ring (bicyclic) bond motifs is 2. The number of hydrogen-bond donors (Lipinski definition) is 2. The second-order valence-electron chi connectivity index (χ2n) is 6.51. The summed E-state index contributed by atoms with van der Waals surface area (Å²) >= 11 is 0. The molecule has 4 rings (SSSR count). The van der Waals surface area contributed by atoms with E-state index in [-0.39, 0.29) is 22.7 Å². The number of rotatable bonds is 3. The molecule has 2 aliphatic rings. The number of amides is 1. The van der Waals surface area contributed by atoms with Crippen molar-refractivity contribution in [2.45, 2.75) is 43.2 Å². The first-order valence-corrected chi connectivity index (χ1v) is 10.0. The van der Waals surface area contributed by atoms with Gasteiger partial charge in [-0.2, -0.15) is 0 Å². The number of carbonyl (C=O) groups excluding carboxylic acids is 1. The Morgan fingerprint density at radius 2 is 2.15 bits per heavy atom. The highest BCUT2D eigenvalue weighted by molar-refractivity contribution is 7.90. The number of carbonyl (C=O) groups is 1. The van der Waals surface area contributed by atoms with E-state index in [1.54, 1.807) is 31.4 Å². The molecule has 1 aromatic heterocycles. The van der Waals surface area contributed by atoms with Crippen molar-refractivity contribution in [3.63, 3.8) is 0 Å². The van der Waals surface area contributed by atoms with Gasteiger partial charge in [-0.05, 0) is 38.0 Å². The van der Waals surface area contributed by atoms with Gasteiger partial charge in [-0.25, -0.2) is 8.42 Å². The lowest BCUT2D eigenvalue weighted by Gasteiger charge is -2.23. The first-order chi connectivity index (χ1) is 12.5. The zero-order valence-electron chi connectivity index (χ0n) is 14.2. The van der Waals surface area contributed by atoms with Crippen LogP contribution in [0.4, 0.5) is 0 Å². The van der Waals surface area contributed by atoms with Crippen molar-refractivity contribution in [2.75, 3.05) is 0 Å². The van der Waals surface area contributed by atoms with Crippen molar-refractivity contribution < 1.29 is 17.6 Å². The van der Waals surface area contributed by atoms with Crippen LogP contribution in [0.25, 0.3) is 0 Å². The van der Waals surface area contributed by atoms with Crippen LogP contribution in [0.15, 0.2) is 50.9 Å². The van der Waals surface area contributed by atoms with E-state index in [1.807, 2.05) is 6.07 Å². The average molecular weight is 373 g/mol. The largest absolute Gasteiger partial charge is 0.469 e. The summed E-state index contributed by atoms with van der Waals surface area (Å²) in [6.45, 7) is 1.65. The summed E-state index contributed by atoms with van der Waals surface area (Å²) in [5.74, 6) is 0.869. The van der Waals surface area contributed by atoms with E-state index in [9.17, 15) is 13.2 Å². The molecule has 0 unspecified atom stereocenters. The van der Waals surface area contributed by atoms with Gasteiger partial charge in [-0.3, -0.25) is 14.5 Å². The fourth-order valence-corrected chi connectivity index (χ4v) is 4.65. The third-order valence-corrected chi connectivity index (χ3v) is 6.13. The fourth-order valence-electron chi connectivity index (χ4n) is 3.41. The molecule has 2 aromatic rings. The molecule has 26 heavy (non-hydrogen) atoms. The molecule has 2 N–H and O–H groups in total. The minimum absolute atomic E-state index is 0.0970. The van der Waals surface area contributed by atoms with Gasteiger partial charge >= 0.3 is 0 Å². The third kappa shape index (κ3) is 2.90. The lowest BCUT2D eigenvalue weighted by Crippen LogP contribution is -2.37. The second-order valence-corrected chi connectivity index (χ2v) is 8.16. The van der Waals surface area contributed by atoms with Crippen LogP contribution >= 0.6 is 0 Å². The number of nitrogens with one attached hydrogen (secondary N) is 2. The zero-order chi connectivity index (χ0) is 18.3. The topological polar surface area (TPSA) is 101 Å². The number of nitrogens with zero attached hydrogens (tertiary/aromatic N) is 1. The highest BCUT2D eigenvalue weighted by Crippen LogP contribution is 2.30. The highest BCUT2D eigenvalue weighted by Gasteiger charge is 2.31. The van der Waals surface area contributed by atoms with Gasteiger partial charge in [0.25, 0.3) is 10.0 Å². The normalized spacial score (nSPS) is 23.0. The molecule has 7 nitrogen and oxygen atoms in total. The third-order valence-electron chi connectivity index (χ3n) is 4.73. The van der Waals surface area contributed by atoms with Gasteiger partial charge in [0.15, 0.2) is 0 Å². The molecule has 1 aliphatic carbocycles. The first-order valence-electron chi connectivity index (χ1n) is 8.52. The van der Waals surface area contributed by atoms with Crippen LogP contribution in [-0.4, -0.2) is 26.2 Å². The van der Waals surface area contributed by atoms with Crippen molar-refractivity contribution in [3.05, 3.63) is 53.5 Å². The Bertz CT molecular complexity index is 993. The Balaban J connectivity index is 1.53. The van der Waals surface area contributed by atoms with E-state index < -0.39 is 16.1 Å². The summed E-state index contributed by atoms with van der Waals surface area (Å²) in [6.07, 6.45) is 4.31. The van der Waals surface area contributed by atoms with E-state index >= 15 is 0 Å². The van der Waals surface area contributed by atoms with Crippen molar-refractivity contribution in [1.29, 1.82) is 0 Å². The minimum atomic E-state index is -3.61. The Morgan fingerprint density at radius 1 is 1.35 bits per heavy atom. The summed E-state index contributed by atoms with van der Waals surface area (Å²) in [5, 5.41) is 3.00. The van der Waals surface area contributed by atoms with Crippen LogP contribution in [0.5, 0.6) is 0 Å². The lowest BCUT2D eigenvalue weighted by atomic mass is 9.93. The Labute approximate surface area is 151 Å². The molecule has 1 aliphatic heterocycles. The number of sulfonamides is 1. The molecule has 1 amide bonds. The Hall–Kier alpha value is -2.61. The summed E-state index contributed by atoms with van der Waals surface area (Å²) in [7, 11) is -3.61. The van der Waals surface area contributed by atoms with Crippen LogP contribution in [0.3, 0.4) is 0 Å². The predicted molar refractivity (Wildman–Crippen MR) is 95.3 cm³/mol. The van der Waals surface area contributed by atoms with Crippen LogP contribution < -0.4 is 10.0 Å². The molecule has 0 bridgehead atoms. The van der Waals surface area contributed by atoms with Gasteiger partial charge in [0.2, 0.25) is 5.91 Å². The smallest absolute Gasteiger partial charge is 0.263 e. The van der Waals surface area contributed by atoms with E-state index in [1.165, 1.54) is 6.07 Å². The molecule has 0 spiro atoms. The van der Waals surface area contributed by atoms with E-state index in [2.05, 4.69) is 15.0 Å². The first kappa shape index (κ1) is 16.8. The minimum Gasteiger partial charge on any atom is -0.469 e. The monoisotopic (exact) mass is 373 g/mol. The van der Waals surface area contributed by atoms with Crippen molar-refractivity contribution in [1.82, 2.24) is 10.0 Å². The predicted octanol–water partition coefficient (Wildman–Crippen LogP) is 1.90. The van der Waals surface area contributed by atoms with E-state index in [0.29, 0.717) is 5.56 Å². The lowest BCUT2D eigenvalue weighted by molar-refractivity contribution is -0.122. The van der Waals surface area contributed by atoms with Crippen molar-refractivity contribution in [2.24, 2.45) is 4.99 Å². The van der Waals surface area contributed by atoms with E-state index in [4.69, 9.17) is 4.42 Å². The Morgan fingerprint density at radius 3 is 3.00 bits per heavy atom. The number of aryl methyl sites for hydroxylation is 1. The van der Waals surface area contributed by atoms with Crippen LogP contribution in [0.1, 0.15) is 42.7 Å². The second kappa shape index (κ2) is 6.28. The summed E-state index contributed by atoms with van der Waals surface area (Å²) in [6, 6.07) is 7.66. The number of hydrogen-bond acceptors (Lipinski definition) is 5. The van der Waals surface area contributed by atoms with Gasteiger partial charge in [0, 0.05) is 17.5 Å². The summed E-state index contributed by atoms with van der Waals surface area (Å²) in [4.78, 5) is 17.1. The van der Waals surface area contributed by atoms with E-state index in [0.717, 1.165) is 30.6 Å². The number of furan rings is 1.